The van der Waals surface area contributed by atoms with Gasteiger partial charge in [-0.05, 0) is 73.1 Å². The maximum Gasteiger partial charge on any atom is 0.573 e. The smallest absolute Gasteiger partial charge is 0.406 e. The van der Waals surface area contributed by atoms with E-state index in [-0.39, 0.29) is 11.2 Å². The summed E-state index contributed by atoms with van der Waals surface area (Å²) >= 11 is 0. The Morgan fingerprint density at radius 1 is 1.17 bits per heavy atom. The van der Waals surface area contributed by atoms with Crippen molar-refractivity contribution < 1.29 is 22.7 Å². The van der Waals surface area contributed by atoms with Crippen molar-refractivity contribution in [2.24, 2.45) is 17.3 Å². The molecule has 0 amide bonds. The first-order chi connectivity index (χ1) is 11.3. The number of alkyl halides is 3. The Balaban J connectivity index is 1.62. The summed E-state index contributed by atoms with van der Waals surface area (Å²) in [5.74, 6) is 1.57. The molecular weight excluding hydrogens is 317 g/mol. The minimum Gasteiger partial charge on any atom is -0.406 e. The Morgan fingerprint density at radius 3 is 2.71 bits per heavy atom. The third-order valence-corrected chi connectivity index (χ3v) is 6.64. The van der Waals surface area contributed by atoms with Crippen molar-refractivity contribution >= 4 is 5.78 Å². The molecule has 1 aromatic rings. The second kappa shape index (κ2) is 5.24. The van der Waals surface area contributed by atoms with Crippen LogP contribution in [-0.2, 0) is 11.2 Å². The maximum atomic E-state index is 12.4. The zero-order valence-corrected chi connectivity index (χ0v) is 13.7. The van der Waals surface area contributed by atoms with Gasteiger partial charge in [-0.1, -0.05) is 13.0 Å². The summed E-state index contributed by atoms with van der Waals surface area (Å²) in [6, 6.07) is 4.79. The number of benzene rings is 1. The Morgan fingerprint density at radius 2 is 1.96 bits per heavy atom. The molecule has 2 fully saturated rings. The van der Waals surface area contributed by atoms with E-state index in [0.717, 1.165) is 37.7 Å². The molecular formula is C19H21F3O2. The molecule has 0 aromatic heterocycles. The quantitative estimate of drug-likeness (QED) is 0.719. The van der Waals surface area contributed by atoms with Gasteiger partial charge in [-0.15, -0.1) is 13.2 Å². The first-order valence-electron chi connectivity index (χ1n) is 8.70. The van der Waals surface area contributed by atoms with E-state index in [2.05, 4.69) is 11.7 Å². The van der Waals surface area contributed by atoms with Crippen molar-refractivity contribution in [2.45, 2.75) is 57.7 Å². The topological polar surface area (TPSA) is 26.3 Å². The van der Waals surface area contributed by atoms with Gasteiger partial charge >= 0.3 is 6.36 Å². The zero-order chi connectivity index (χ0) is 17.1. The van der Waals surface area contributed by atoms with E-state index in [0.29, 0.717) is 30.0 Å². The summed E-state index contributed by atoms with van der Waals surface area (Å²) in [6.07, 6.45) is 0.597. The average Bonchev–Trinajstić information content (AvgIpc) is 2.81. The van der Waals surface area contributed by atoms with E-state index in [1.807, 2.05) is 6.07 Å². The van der Waals surface area contributed by atoms with Crippen molar-refractivity contribution in [1.82, 2.24) is 0 Å². The van der Waals surface area contributed by atoms with Gasteiger partial charge in [-0.2, -0.15) is 0 Å². The average molecular weight is 338 g/mol. The molecule has 130 valence electrons. The Labute approximate surface area is 139 Å². The predicted octanol–water partition coefficient (Wildman–Crippen LogP) is 5.01. The number of rotatable bonds is 1. The largest absolute Gasteiger partial charge is 0.573 e. The number of halogens is 3. The third-order valence-electron chi connectivity index (χ3n) is 6.64. The summed E-state index contributed by atoms with van der Waals surface area (Å²) in [5, 5.41) is 0. The van der Waals surface area contributed by atoms with Gasteiger partial charge in [0.05, 0.1) is 0 Å². The first-order valence-corrected chi connectivity index (χ1v) is 8.70. The van der Waals surface area contributed by atoms with Gasteiger partial charge in [0, 0.05) is 11.8 Å². The van der Waals surface area contributed by atoms with Crippen LogP contribution in [0.25, 0.3) is 0 Å². The minimum absolute atomic E-state index is 0.128. The monoisotopic (exact) mass is 338 g/mol. The molecule has 2 saturated carbocycles. The van der Waals surface area contributed by atoms with Gasteiger partial charge in [0.2, 0.25) is 0 Å². The van der Waals surface area contributed by atoms with E-state index in [1.165, 1.54) is 11.6 Å². The molecule has 0 bridgehead atoms. The Kier molecular flexibility index (Phi) is 3.49. The van der Waals surface area contributed by atoms with Crippen LogP contribution >= 0.6 is 0 Å². The first kappa shape index (κ1) is 16.0. The second-order valence-electron chi connectivity index (χ2n) is 7.74. The molecule has 3 aliphatic rings. The number of hydrogen-bond donors (Lipinski definition) is 0. The summed E-state index contributed by atoms with van der Waals surface area (Å²) < 4.78 is 41.3. The van der Waals surface area contributed by atoms with Gasteiger partial charge in [0.1, 0.15) is 11.5 Å². The highest BCUT2D eigenvalue weighted by Gasteiger charge is 2.54. The molecule has 0 unspecified atom stereocenters. The van der Waals surface area contributed by atoms with E-state index in [9.17, 15) is 18.0 Å². The molecule has 24 heavy (non-hydrogen) atoms. The number of Topliss-reactive ketones (excluding diaryl/α,β-unsaturated/α-hetero) is 1. The predicted molar refractivity (Wildman–Crippen MR) is 82.7 cm³/mol. The van der Waals surface area contributed by atoms with Crippen LogP contribution in [0.5, 0.6) is 5.75 Å². The molecule has 0 aliphatic heterocycles. The lowest BCUT2D eigenvalue weighted by Crippen LogP contribution is -2.42. The maximum absolute atomic E-state index is 12.4. The SMILES string of the molecule is C[C@]12CC[C@@H]3c4ccc(OC(F)(F)F)cc4CC[C@H]3[C@@H]1CCC2=O. The highest BCUT2D eigenvalue weighted by atomic mass is 19.4. The summed E-state index contributed by atoms with van der Waals surface area (Å²) in [4.78, 5) is 12.3. The lowest BCUT2D eigenvalue weighted by atomic mass is 9.55. The number of carbonyl (C=O) groups excluding carboxylic acids is 1. The van der Waals surface area contributed by atoms with Crippen LogP contribution in [0.1, 0.15) is 56.1 Å². The van der Waals surface area contributed by atoms with Crippen LogP contribution in [0.15, 0.2) is 18.2 Å². The van der Waals surface area contributed by atoms with Crippen LogP contribution in [0.4, 0.5) is 13.2 Å². The fourth-order valence-corrected chi connectivity index (χ4v) is 5.53. The third kappa shape index (κ3) is 2.44. The van der Waals surface area contributed by atoms with E-state index in [4.69, 9.17) is 0 Å². The van der Waals surface area contributed by atoms with Crippen molar-refractivity contribution in [3.63, 3.8) is 0 Å². The van der Waals surface area contributed by atoms with Crippen molar-refractivity contribution in [2.75, 3.05) is 0 Å². The standard InChI is InChI=1S/C19H21F3O2/c1-18-9-8-14-13-5-3-12(24-19(20,21)22)10-11(13)2-4-15(14)16(18)6-7-17(18)23/h3,5,10,14-16H,2,4,6-9H2,1H3/t14-,15-,16+,18+/m1/s1. The summed E-state index contributed by atoms with van der Waals surface area (Å²) in [5.41, 5.74) is 1.98. The highest BCUT2D eigenvalue weighted by Crippen LogP contribution is 2.59. The van der Waals surface area contributed by atoms with Crippen LogP contribution in [0, 0.1) is 17.3 Å². The zero-order valence-electron chi connectivity index (χ0n) is 13.7. The summed E-state index contributed by atoms with van der Waals surface area (Å²) in [6.45, 7) is 2.12. The van der Waals surface area contributed by atoms with Crippen LogP contribution < -0.4 is 4.74 Å². The molecule has 4 atom stereocenters. The van der Waals surface area contributed by atoms with Gasteiger partial charge in [0.25, 0.3) is 0 Å². The number of carbonyl (C=O) groups is 1. The van der Waals surface area contributed by atoms with E-state index < -0.39 is 6.36 Å². The molecule has 0 spiro atoms. The Bertz CT molecular complexity index is 682. The molecule has 4 rings (SSSR count). The van der Waals surface area contributed by atoms with Crippen LogP contribution in [0.2, 0.25) is 0 Å². The number of ether oxygens (including phenoxy) is 1. The van der Waals surface area contributed by atoms with Crippen molar-refractivity contribution in [3.8, 4) is 5.75 Å². The Hall–Kier alpha value is -1.52. The van der Waals surface area contributed by atoms with Gasteiger partial charge in [0.15, 0.2) is 0 Å². The molecule has 2 nitrogen and oxygen atoms in total. The van der Waals surface area contributed by atoms with Gasteiger partial charge < -0.3 is 4.74 Å². The van der Waals surface area contributed by atoms with Crippen molar-refractivity contribution in [3.05, 3.63) is 29.3 Å². The normalized spacial score (nSPS) is 35.2. The lowest BCUT2D eigenvalue weighted by Gasteiger charge is -2.48. The molecule has 1 aromatic carbocycles. The minimum atomic E-state index is -4.65. The van der Waals surface area contributed by atoms with Crippen molar-refractivity contribution in [1.29, 1.82) is 0 Å². The number of fused-ring (bicyclic) bond motifs is 5. The number of ketones is 1. The molecule has 3 aliphatic carbocycles. The fourth-order valence-electron chi connectivity index (χ4n) is 5.53. The highest BCUT2D eigenvalue weighted by molar-refractivity contribution is 5.87. The lowest BCUT2D eigenvalue weighted by molar-refractivity contribution is -0.274. The van der Waals surface area contributed by atoms with Crippen LogP contribution in [-0.4, -0.2) is 12.1 Å². The second-order valence-corrected chi connectivity index (χ2v) is 7.74. The molecule has 5 heteroatoms. The van der Waals surface area contributed by atoms with Gasteiger partial charge in [-0.3, -0.25) is 4.79 Å². The van der Waals surface area contributed by atoms with Gasteiger partial charge in [-0.25, -0.2) is 0 Å². The van der Waals surface area contributed by atoms with E-state index >= 15 is 0 Å². The molecule has 0 N–H and O–H groups in total. The number of aryl methyl sites for hydroxylation is 1. The fraction of sp³-hybridized carbons (Fsp3) is 0.632. The molecule has 0 heterocycles. The number of hydrogen-bond acceptors (Lipinski definition) is 2. The van der Waals surface area contributed by atoms with Crippen LogP contribution in [0.3, 0.4) is 0 Å². The van der Waals surface area contributed by atoms with E-state index in [1.54, 1.807) is 6.07 Å². The summed E-state index contributed by atoms with van der Waals surface area (Å²) in [7, 11) is 0. The molecule has 0 radical (unpaired) electrons. The molecule has 0 saturated heterocycles.